The maximum Gasteiger partial charge on any atom is 0.139 e. The lowest BCUT2D eigenvalue weighted by molar-refractivity contribution is 0.386. The molecule has 0 heterocycles. The summed E-state index contributed by atoms with van der Waals surface area (Å²) < 4.78 is 0. The minimum absolute atomic E-state index is 0.0853. The van der Waals surface area contributed by atoms with Crippen molar-refractivity contribution < 1.29 is 20.4 Å². The number of hydrogen-bond donors (Lipinski definition) is 4. The predicted molar refractivity (Wildman–Crippen MR) is 437 cm³/mol. The van der Waals surface area contributed by atoms with Crippen LogP contribution in [-0.2, 0) is 0 Å². The van der Waals surface area contributed by atoms with Crippen molar-refractivity contribution in [3.05, 3.63) is 240 Å². The maximum absolute atomic E-state index is 12.3. The molecule has 12 heteroatoms. The largest absolute Gasteiger partial charge is 0.507 e. The number of anilines is 12. The van der Waals surface area contributed by atoms with Crippen molar-refractivity contribution in [2.75, 3.05) is 118 Å². The molecule has 0 spiro atoms. The van der Waals surface area contributed by atoms with E-state index < -0.39 is 0 Å². The number of nitrogens with zero attached hydrogens (tertiary/aromatic N) is 8. The summed E-state index contributed by atoms with van der Waals surface area (Å²) in [4.78, 5) is 18.6. The van der Waals surface area contributed by atoms with E-state index in [2.05, 4.69) is 306 Å². The summed E-state index contributed by atoms with van der Waals surface area (Å²) in [5.41, 5.74) is 24.0. The molecular formula is C90H104N8O4. The summed E-state index contributed by atoms with van der Waals surface area (Å²) in [5.74, 6) is -0.765. The fraction of sp³-hybridized carbons (Fsp3) is 0.289. The second-order valence-corrected chi connectivity index (χ2v) is 26.2. The summed E-state index contributed by atoms with van der Waals surface area (Å²) in [7, 11) is 0. The van der Waals surface area contributed by atoms with E-state index in [4.69, 9.17) is 0 Å². The smallest absolute Gasteiger partial charge is 0.139 e. The van der Waals surface area contributed by atoms with Crippen LogP contribution in [0.5, 0.6) is 11.5 Å². The highest BCUT2D eigenvalue weighted by Gasteiger charge is 2.35. The van der Waals surface area contributed by atoms with Crippen LogP contribution in [0.25, 0.3) is 55.7 Å². The number of hydrogen-bond acceptors (Lipinski definition) is 12. The summed E-state index contributed by atoms with van der Waals surface area (Å²) in [5, 5.41) is 48.8. The SMILES string of the molecule is CCN(CC)c1ccc(-c2ccc(N(c3ccc(-c4ccc(N(CC)CC)cc4N(CC)CC)cc3)c3ccc(C4=C(O)C(c5ccc(N(c6ccc(-c7ccc(C)cc7N(CC)CC)cc6)c6ccc(-c7ccc(C)cc7N(CC)CC)cc6)cc5O)=C4O)c(O)c3)cc2)c(N(CC)CC)c1. The molecule has 0 fully saturated rings. The van der Waals surface area contributed by atoms with E-state index in [0.29, 0.717) is 11.4 Å². The molecule has 10 aromatic carbocycles. The summed E-state index contributed by atoms with van der Waals surface area (Å²) in [6.07, 6.45) is 0. The first kappa shape index (κ1) is 72.5. The Labute approximate surface area is 607 Å². The van der Waals surface area contributed by atoms with E-state index in [-0.39, 0.29) is 45.3 Å². The zero-order valence-corrected chi connectivity index (χ0v) is 62.5. The number of aromatic hydroxyl groups is 2. The molecule has 11 rings (SSSR count). The Morgan fingerprint density at radius 3 is 0.676 bits per heavy atom. The third kappa shape index (κ3) is 14.5. The van der Waals surface area contributed by atoms with Gasteiger partial charge in [-0.05, 0) is 240 Å². The van der Waals surface area contributed by atoms with Crippen molar-refractivity contribution in [2.45, 2.75) is 96.9 Å². The Hall–Kier alpha value is -10.7. The lowest BCUT2D eigenvalue weighted by atomic mass is 9.83. The zero-order chi connectivity index (χ0) is 72.5. The number of phenolic OH excluding ortho intramolecular Hbond substituents is 2. The topological polar surface area (TPSA) is 107 Å². The summed E-state index contributed by atoms with van der Waals surface area (Å²) in [6.45, 7) is 41.4. The van der Waals surface area contributed by atoms with Gasteiger partial charge in [0.15, 0.2) is 0 Å². The molecule has 1 aliphatic rings. The molecule has 102 heavy (non-hydrogen) atoms. The minimum Gasteiger partial charge on any atom is -0.507 e. The van der Waals surface area contributed by atoms with Crippen LogP contribution in [0.1, 0.15) is 105 Å². The molecule has 10 aromatic rings. The molecule has 528 valence electrons. The van der Waals surface area contributed by atoms with Gasteiger partial charge < -0.3 is 59.6 Å². The molecule has 0 aromatic heterocycles. The van der Waals surface area contributed by atoms with Crippen LogP contribution >= 0.6 is 0 Å². The van der Waals surface area contributed by atoms with Crippen molar-refractivity contribution in [1.29, 1.82) is 0 Å². The molecule has 0 aliphatic heterocycles. The van der Waals surface area contributed by atoms with Crippen molar-refractivity contribution >= 4 is 79.4 Å². The number of benzene rings is 10. The first-order valence-electron chi connectivity index (χ1n) is 37.1. The predicted octanol–water partition coefficient (Wildman–Crippen LogP) is 22.7. The molecule has 0 saturated carbocycles. The van der Waals surface area contributed by atoms with Gasteiger partial charge in [-0.1, -0.05) is 84.9 Å². The average Bonchev–Trinajstić information content (AvgIpc) is 0.735. The number of phenols is 2. The lowest BCUT2D eigenvalue weighted by Gasteiger charge is -2.30. The second-order valence-electron chi connectivity index (χ2n) is 26.2. The van der Waals surface area contributed by atoms with Crippen LogP contribution in [-0.4, -0.2) is 99.0 Å². The van der Waals surface area contributed by atoms with Crippen LogP contribution in [0, 0.1) is 13.8 Å². The third-order valence-electron chi connectivity index (χ3n) is 20.7. The highest BCUT2D eigenvalue weighted by molar-refractivity contribution is 6.08. The van der Waals surface area contributed by atoms with Gasteiger partial charge in [0, 0.05) is 192 Å². The fourth-order valence-electron chi connectivity index (χ4n) is 14.9. The van der Waals surface area contributed by atoms with Gasteiger partial charge >= 0.3 is 0 Å². The molecule has 0 radical (unpaired) electrons. The van der Waals surface area contributed by atoms with Gasteiger partial charge in [0.05, 0.1) is 11.1 Å². The standard InChI is InChI=1S/C90H104N8O4/c1-15-91(16-2)71-45-51-77(83(57-71)95(23-9)24-10)65-33-41-69(42-34-65)98(70-43-35-66(36-44-70)78-52-46-72(92(17-3)18-4)58-84(78)96(25-11)26-12)74-48-54-80(86(100)60-74)88-89(101)87(90(88)102)79-53-47-73(59-85(79)99)97(67-37-29-63(30-38-67)75-49-27-61(13)55-81(75)93(19-5)20-6)68-39-31-64(32-40-68)76-50-28-62(14)56-82(76)94(21-7)22-8/h27-60,99-102H,15-26H2,1-14H3. The Balaban J connectivity index is 0.950. The Bertz CT molecular complexity index is 4380. The number of aliphatic hydroxyl groups excluding tert-OH is 2. The Kier molecular flexibility index (Phi) is 23.0. The normalized spacial score (nSPS) is 12.0. The van der Waals surface area contributed by atoms with Gasteiger partial charge in [0.1, 0.15) is 23.0 Å². The first-order chi connectivity index (χ1) is 49.5. The number of rotatable bonds is 30. The van der Waals surface area contributed by atoms with E-state index in [0.717, 1.165) is 146 Å². The highest BCUT2D eigenvalue weighted by atomic mass is 16.3. The number of aliphatic hydroxyl groups is 2. The van der Waals surface area contributed by atoms with Crippen molar-refractivity contribution in [1.82, 2.24) is 0 Å². The first-order valence-corrected chi connectivity index (χ1v) is 37.1. The van der Waals surface area contributed by atoms with Crippen LogP contribution in [0.2, 0.25) is 0 Å². The quantitative estimate of drug-likeness (QED) is 0.0344. The minimum atomic E-state index is -0.242. The molecule has 4 N–H and O–H groups in total. The van der Waals surface area contributed by atoms with Gasteiger partial charge in [0.25, 0.3) is 0 Å². The molecular weight excluding hydrogens is 1260 g/mol. The fourth-order valence-corrected chi connectivity index (χ4v) is 14.9. The van der Waals surface area contributed by atoms with E-state index in [1.807, 2.05) is 12.1 Å². The number of aryl methyl sites for hydroxylation is 2. The average molecular weight is 1360 g/mol. The van der Waals surface area contributed by atoms with E-state index in [1.54, 1.807) is 24.3 Å². The monoisotopic (exact) mass is 1360 g/mol. The Morgan fingerprint density at radius 2 is 0.431 bits per heavy atom. The van der Waals surface area contributed by atoms with Gasteiger partial charge in [-0.15, -0.1) is 0 Å². The van der Waals surface area contributed by atoms with Crippen molar-refractivity contribution in [3.8, 4) is 56.0 Å². The molecule has 0 unspecified atom stereocenters. The van der Waals surface area contributed by atoms with Crippen LogP contribution in [0.4, 0.5) is 68.2 Å². The zero-order valence-electron chi connectivity index (χ0n) is 62.5. The van der Waals surface area contributed by atoms with Gasteiger partial charge in [0.2, 0.25) is 0 Å². The Morgan fingerprint density at radius 1 is 0.216 bits per heavy atom. The van der Waals surface area contributed by atoms with E-state index in [1.165, 1.54) is 45.3 Å². The van der Waals surface area contributed by atoms with E-state index in [9.17, 15) is 20.4 Å². The van der Waals surface area contributed by atoms with Gasteiger partial charge in [-0.3, -0.25) is 0 Å². The van der Waals surface area contributed by atoms with Crippen LogP contribution < -0.4 is 39.2 Å². The van der Waals surface area contributed by atoms with Crippen LogP contribution in [0.3, 0.4) is 0 Å². The number of allylic oxidation sites excluding steroid dienone is 2. The summed E-state index contributed by atoms with van der Waals surface area (Å²) >= 11 is 0. The summed E-state index contributed by atoms with van der Waals surface area (Å²) in [6, 6.07) is 71.9. The lowest BCUT2D eigenvalue weighted by Crippen LogP contribution is -2.25. The maximum atomic E-state index is 12.3. The van der Waals surface area contributed by atoms with Crippen LogP contribution in [0.15, 0.2) is 218 Å². The van der Waals surface area contributed by atoms with E-state index >= 15 is 0 Å². The highest BCUT2D eigenvalue weighted by Crippen LogP contribution is 2.52. The van der Waals surface area contributed by atoms with Crippen molar-refractivity contribution in [3.63, 3.8) is 0 Å². The molecule has 0 bridgehead atoms. The molecule has 12 nitrogen and oxygen atoms in total. The van der Waals surface area contributed by atoms with Gasteiger partial charge in [-0.25, -0.2) is 0 Å². The molecule has 0 atom stereocenters. The van der Waals surface area contributed by atoms with Crippen molar-refractivity contribution in [2.24, 2.45) is 0 Å². The second kappa shape index (κ2) is 32.3. The third-order valence-corrected chi connectivity index (χ3v) is 20.7. The molecule has 0 amide bonds. The molecule has 0 saturated heterocycles. The van der Waals surface area contributed by atoms with Gasteiger partial charge in [-0.2, -0.15) is 0 Å². The molecule has 1 aliphatic carbocycles.